The maximum Gasteiger partial charge on any atom is 0.166 e. The van der Waals surface area contributed by atoms with Gasteiger partial charge in [0.05, 0.1) is 6.61 Å². The molecular formula is C13H15FO2. The summed E-state index contributed by atoms with van der Waals surface area (Å²) in [6, 6.07) is 3.06. The highest BCUT2D eigenvalue weighted by Gasteiger charge is 2.17. The molecule has 16 heavy (non-hydrogen) atoms. The summed E-state index contributed by atoms with van der Waals surface area (Å²) >= 11 is 0. The van der Waals surface area contributed by atoms with Gasteiger partial charge in [-0.3, -0.25) is 4.79 Å². The number of halogens is 1. The van der Waals surface area contributed by atoms with Crippen molar-refractivity contribution >= 4 is 5.78 Å². The number of fused-ring (bicyclic) bond motifs is 1. The molecule has 0 saturated heterocycles. The molecule has 1 aromatic carbocycles. The molecule has 0 amide bonds. The SMILES string of the molecule is CCC(=O)c1cc(F)c2c(c1)CCCCO2. The maximum atomic E-state index is 13.7. The van der Waals surface area contributed by atoms with E-state index >= 15 is 0 Å². The Hall–Kier alpha value is -1.38. The number of aryl methyl sites for hydroxylation is 1. The highest BCUT2D eigenvalue weighted by atomic mass is 19.1. The van der Waals surface area contributed by atoms with Crippen LogP contribution in [0.25, 0.3) is 0 Å². The summed E-state index contributed by atoms with van der Waals surface area (Å²) in [4.78, 5) is 11.5. The van der Waals surface area contributed by atoms with Crippen molar-refractivity contribution in [3.05, 3.63) is 29.1 Å². The number of benzene rings is 1. The number of hydrogen-bond acceptors (Lipinski definition) is 2. The van der Waals surface area contributed by atoms with Crippen molar-refractivity contribution in [3.63, 3.8) is 0 Å². The molecule has 0 bridgehead atoms. The Balaban J connectivity index is 2.43. The highest BCUT2D eigenvalue weighted by molar-refractivity contribution is 5.96. The molecule has 0 aliphatic carbocycles. The van der Waals surface area contributed by atoms with Crippen LogP contribution in [0.3, 0.4) is 0 Å². The molecule has 86 valence electrons. The van der Waals surface area contributed by atoms with Gasteiger partial charge in [-0.15, -0.1) is 0 Å². The minimum Gasteiger partial charge on any atom is -0.490 e. The predicted octanol–water partition coefficient (Wildman–Crippen LogP) is 3.13. The fourth-order valence-electron chi connectivity index (χ4n) is 1.95. The second kappa shape index (κ2) is 4.64. The molecule has 3 heteroatoms. The monoisotopic (exact) mass is 222 g/mol. The predicted molar refractivity (Wildman–Crippen MR) is 59.5 cm³/mol. The van der Waals surface area contributed by atoms with E-state index in [0.29, 0.717) is 24.3 Å². The van der Waals surface area contributed by atoms with E-state index in [2.05, 4.69) is 0 Å². The van der Waals surface area contributed by atoms with Gasteiger partial charge in [-0.05, 0) is 37.0 Å². The molecule has 1 heterocycles. The zero-order valence-electron chi connectivity index (χ0n) is 9.38. The lowest BCUT2D eigenvalue weighted by Crippen LogP contribution is -2.02. The zero-order chi connectivity index (χ0) is 11.5. The Morgan fingerprint density at radius 3 is 3.00 bits per heavy atom. The normalized spacial score (nSPS) is 14.9. The number of carbonyl (C=O) groups is 1. The molecule has 0 spiro atoms. The van der Waals surface area contributed by atoms with E-state index in [1.54, 1.807) is 13.0 Å². The minimum absolute atomic E-state index is 0.0223. The van der Waals surface area contributed by atoms with Crippen LogP contribution in [0.15, 0.2) is 12.1 Å². The van der Waals surface area contributed by atoms with Gasteiger partial charge in [-0.2, -0.15) is 0 Å². The first-order chi connectivity index (χ1) is 7.72. The van der Waals surface area contributed by atoms with Gasteiger partial charge in [0.1, 0.15) is 0 Å². The fourth-order valence-corrected chi connectivity index (χ4v) is 1.95. The van der Waals surface area contributed by atoms with Gasteiger partial charge < -0.3 is 4.74 Å². The first-order valence-electron chi connectivity index (χ1n) is 5.70. The third-order valence-electron chi connectivity index (χ3n) is 2.85. The van der Waals surface area contributed by atoms with Gasteiger partial charge in [-0.25, -0.2) is 4.39 Å². The van der Waals surface area contributed by atoms with Gasteiger partial charge in [0.2, 0.25) is 0 Å². The lowest BCUT2D eigenvalue weighted by Gasteiger charge is -2.09. The van der Waals surface area contributed by atoms with Gasteiger partial charge in [0, 0.05) is 12.0 Å². The third kappa shape index (κ3) is 2.08. The standard InChI is InChI=1S/C13H15FO2/c1-2-12(15)10-7-9-5-3-4-6-16-13(9)11(14)8-10/h7-8H,2-6H2,1H3. The number of ketones is 1. The van der Waals surface area contributed by atoms with E-state index < -0.39 is 5.82 Å². The Labute approximate surface area is 94.4 Å². The van der Waals surface area contributed by atoms with Crippen LogP contribution in [0.2, 0.25) is 0 Å². The number of hydrogen-bond donors (Lipinski definition) is 0. The van der Waals surface area contributed by atoms with E-state index in [1.165, 1.54) is 6.07 Å². The molecular weight excluding hydrogens is 207 g/mol. The Morgan fingerprint density at radius 2 is 2.25 bits per heavy atom. The topological polar surface area (TPSA) is 26.3 Å². The smallest absolute Gasteiger partial charge is 0.166 e. The lowest BCUT2D eigenvalue weighted by atomic mass is 10.0. The van der Waals surface area contributed by atoms with Gasteiger partial charge in [-0.1, -0.05) is 6.92 Å². The average Bonchev–Trinajstić information content (AvgIpc) is 2.53. The zero-order valence-corrected chi connectivity index (χ0v) is 9.38. The first-order valence-corrected chi connectivity index (χ1v) is 5.70. The number of rotatable bonds is 2. The molecule has 0 atom stereocenters. The van der Waals surface area contributed by atoms with E-state index in [4.69, 9.17) is 4.74 Å². The molecule has 0 fully saturated rings. The maximum absolute atomic E-state index is 13.7. The van der Waals surface area contributed by atoms with Crippen LogP contribution in [0.5, 0.6) is 5.75 Å². The number of carbonyl (C=O) groups excluding carboxylic acids is 1. The molecule has 2 nitrogen and oxygen atoms in total. The van der Waals surface area contributed by atoms with Gasteiger partial charge in [0.15, 0.2) is 17.3 Å². The molecule has 0 N–H and O–H groups in total. The van der Waals surface area contributed by atoms with Crippen LogP contribution < -0.4 is 4.74 Å². The van der Waals surface area contributed by atoms with Crippen molar-refractivity contribution in [1.29, 1.82) is 0 Å². The van der Waals surface area contributed by atoms with Crippen LogP contribution in [0.1, 0.15) is 42.1 Å². The number of Topliss-reactive ketones (excluding diaryl/α,β-unsaturated/α-hetero) is 1. The molecule has 1 aliphatic heterocycles. The number of ether oxygens (including phenoxy) is 1. The quantitative estimate of drug-likeness (QED) is 0.718. The first kappa shape index (κ1) is 11.1. The van der Waals surface area contributed by atoms with E-state index in [-0.39, 0.29) is 5.78 Å². The van der Waals surface area contributed by atoms with Crippen LogP contribution in [-0.2, 0) is 6.42 Å². The summed E-state index contributed by atoms with van der Waals surface area (Å²) in [6.45, 7) is 2.34. The van der Waals surface area contributed by atoms with E-state index in [9.17, 15) is 9.18 Å². The fraction of sp³-hybridized carbons (Fsp3) is 0.462. The summed E-state index contributed by atoms with van der Waals surface area (Å²) < 4.78 is 19.1. The average molecular weight is 222 g/mol. The van der Waals surface area contributed by atoms with E-state index in [0.717, 1.165) is 24.8 Å². The summed E-state index contributed by atoms with van der Waals surface area (Å²) in [5.41, 5.74) is 1.29. The lowest BCUT2D eigenvalue weighted by molar-refractivity contribution is 0.0987. The van der Waals surface area contributed by atoms with Crippen molar-refractivity contribution in [2.24, 2.45) is 0 Å². The van der Waals surface area contributed by atoms with Crippen LogP contribution >= 0.6 is 0 Å². The van der Waals surface area contributed by atoms with E-state index in [1.807, 2.05) is 0 Å². The Bertz CT molecular complexity index is 413. The summed E-state index contributed by atoms with van der Waals surface area (Å²) in [6.07, 6.45) is 3.11. The largest absolute Gasteiger partial charge is 0.490 e. The van der Waals surface area contributed by atoms with Crippen LogP contribution in [0, 0.1) is 5.82 Å². The van der Waals surface area contributed by atoms with Gasteiger partial charge >= 0.3 is 0 Å². The van der Waals surface area contributed by atoms with Crippen molar-refractivity contribution < 1.29 is 13.9 Å². The van der Waals surface area contributed by atoms with Crippen LogP contribution in [0.4, 0.5) is 4.39 Å². The summed E-state index contributed by atoms with van der Waals surface area (Å²) in [7, 11) is 0. The van der Waals surface area contributed by atoms with Crippen molar-refractivity contribution in [2.75, 3.05) is 6.61 Å². The van der Waals surface area contributed by atoms with Crippen molar-refractivity contribution in [3.8, 4) is 5.75 Å². The third-order valence-corrected chi connectivity index (χ3v) is 2.85. The van der Waals surface area contributed by atoms with Crippen molar-refractivity contribution in [1.82, 2.24) is 0 Å². The Morgan fingerprint density at radius 1 is 1.44 bits per heavy atom. The summed E-state index contributed by atoms with van der Waals surface area (Å²) in [5.74, 6) is -0.0905. The second-order valence-electron chi connectivity index (χ2n) is 4.03. The molecule has 0 radical (unpaired) electrons. The van der Waals surface area contributed by atoms with Crippen molar-refractivity contribution in [2.45, 2.75) is 32.6 Å². The molecule has 0 aromatic heterocycles. The summed E-state index contributed by atoms with van der Waals surface area (Å²) in [5, 5.41) is 0. The van der Waals surface area contributed by atoms with Crippen LogP contribution in [-0.4, -0.2) is 12.4 Å². The molecule has 0 unspecified atom stereocenters. The van der Waals surface area contributed by atoms with Gasteiger partial charge in [0.25, 0.3) is 0 Å². The molecule has 0 saturated carbocycles. The second-order valence-corrected chi connectivity index (χ2v) is 4.03. The minimum atomic E-state index is -0.406. The molecule has 1 aliphatic rings. The highest BCUT2D eigenvalue weighted by Crippen LogP contribution is 2.29. The Kier molecular flexibility index (Phi) is 3.22. The molecule has 2 rings (SSSR count). The molecule has 1 aromatic rings.